The van der Waals surface area contributed by atoms with Crippen molar-refractivity contribution in [3.05, 3.63) is 17.3 Å². The first kappa shape index (κ1) is 18.7. The Labute approximate surface area is 155 Å². The molecule has 0 amide bonds. The van der Waals surface area contributed by atoms with Gasteiger partial charge in [0.25, 0.3) is 15.9 Å². The Morgan fingerprint density at radius 2 is 2.00 bits per heavy atom. The zero-order chi connectivity index (χ0) is 16.8. The van der Waals surface area contributed by atoms with Crippen LogP contribution in [0.15, 0.2) is 20.2 Å². The quantitative estimate of drug-likeness (QED) is 0.820. The minimum absolute atomic E-state index is 0. The van der Waals surface area contributed by atoms with E-state index in [-0.39, 0.29) is 16.6 Å². The van der Waals surface area contributed by atoms with E-state index in [0.717, 1.165) is 30.6 Å². The predicted octanol–water partition coefficient (Wildman–Crippen LogP) is 1.58. The summed E-state index contributed by atoms with van der Waals surface area (Å²) in [7, 11) is -3.51. The van der Waals surface area contributed by atoms with Gasteiger partial charge in [-0.25, -0.2) is 8.42 Å². The maximum absolute atomic E-state index is 12.6. The first-order valence-electron chi connectivity index (χ1n) is 7.79. The fourth-order valence-corrected chi connectivity index (χ4v) is 5.52. The number of nitrogens with zero attached hydrogens (tertiary/aromatic N) is 3. The number of rotatable bonds is 4. The Hall–Kier alpha value is -1.04. The number of aromatic nitrogens is 2. The van der Waals surface area contributed by atoms with Gasteiger partial charge in [-0.05, 0) is 25.3 Å². The molecule has 3 heterocycles. The molecule has 8 nitrogen and oxygen atoms in total. The van der Waals surface area contributed by atoms with Crippen molar-refractivity contribution in [2.75, 3.05) is 26.3 Å². The van der Waals surface area contributed by atoms with E-state index < -0.39 is 15.6 Å². The molecule has 0 bridgehead atoms. The molecule has 138 valence electrons. The highest BCUT2D eigenvalue weighted by molar-refractivity contribution is 7.91. The van der Waals surface area contributed by atoms with E-state index in [9.17, 15) is 8.42 Å². The minimum atomic E-state index is -3.51. The lowest BCUT2D eigenvalue weighted by atomic mass is 9.77. The topological polar surface area (TPSA) is 112 Å². The molecule has 1 aliphatic heterocycles. The summed E-state index contributed by atoms with van der Waals surface area (Å²) >= 11 is 1.15. The molecule has 25 heavy (non-hydrogen) atoms. The van der Waals surface area contributed by atoms with E-state index in [2.05, 4.69) is 10.1 Å². The van der Waals surface area contributed by atoms with Gasteiger partial charge in [0.1, 0.15) is 4.21 Å². The largest absolute Gasteiger partial charge is 0.379 e. The monoisotopic (exact) mass is 406 g/mol. The van der Waals surface area contributed by atoms with Gasteiger partial charge in [0.15, 0.2) is 5.82 Å². The maximum Gasteiger partial charge on any atom is 0.258 e. The zero-order valence-corrected chi connectivity index (χ0v) is 15.8. The number of ether oxygens (including phenoxy) is 1. The Morgan fingerprint density at radius 1 is 1.28 bits per heavy atom. The van der Waals surface area contributed by atoms with E-state index in [1.807, 2.05) is 0 Å². The number of sulfonamides is 1. The van der Waals surface area contributed by atoms with Crippen molar-refractivity contribution in [3.63, 3.8) is 0 Å². The van der Waals surface area contributed by atoms with E-state index in [1.165, 1.54) is 4.31 Å². The van der Waals surface area contributed by atoms with Gasteiger partial charge in [0.2, 0.25) is 0 Å². The van der Waals surface area contributed by atoms with Crippen LogP contribution in [0.2, 0.25) is 0 Å². The Kier molecular flexibility index (Phi) is 5.20. The van der Waals surface area contributed by atoms with Gasteiger partial charge in [0, 0.05) is 18.5 Å². The lowest BCUT2D eigenvalue weighted by Gasteiger charge is -2.34. The average molecular weight is 407 g/mol. The molecule has 2 aromatic rings. The molecule has 1 saturated heterocycles. The summed E-state index contributed by atoms with van der Waals surface area (Å²) in [6, 6.07) is 1.58. The molecule has 0 unspecified atom stereocenters. The Bertz CT molecular complexity index is 841. The normalized spacial score (nSPS) is 20.7. The van der Waals surface area contributed by atoms with Crippen molar-refractivity contribution < 1.29 is 17.7 Å². The Morgan fingerprint density at radius 3 is 2.64 bits per heavy atom. The number of halogens is 1. The molecule has 11 heteroatoms. The van der Waals surface area contributed by atoms with E-state index in [0.29, 0.717) is 43.6 Å². The van der Waals surface area contributed by atoms with Gasteiger partial charge in [-0.3, -0.25) is 0 Å². The molecule has 2 aromatic heterocycles. The second-order valence-corrected chi connectivity index (χ2v) is 9.18. The number of hydrogen-bond donors (Lipinski definition) is 1. The van der Waals surface area contributed by atoms with Gasteiger partial charge in [0.05, 0.1) is 24.3 Å². The highest BCUT2D eigenvalue weighted by Crippen LogP contribution is 2.38. The summed E-state index contributed by atoms with van der Waals surface area (Å²) in [5.74, 6) is 0.800. The van der Waals surface area contributed by atoms with Crippen LogP contribution in [0.3, 0.4) is 0 Å². The van der Waals surface area contributed by atoms with Gasteiger partial charge >= 0.3 is 0 Å². The van der Waals surface area contributed by atoms with Crippen molar-refractivity contribution in [2.45, 2.75) is 29.0 Å². The highest BCUT2D eigenvalue weighted by atomic mass is 35.5. The molecule has 0 radical (unpaired) electrons. The van der Waals surface area contributed by atoms with Gasteiger partial charge in [-0.15, -0.1) is 23.7 Å². The number of hydrogen-bond acceptors (Lipinski definition) is 8. The molecular formula is C14H19ClN4O4S2. The van der Waals surface area contributed by atoms with Crippen LogP contribution in [0.5, 0.6) is 0 Å². The summed E-state index contributed by atoms with van der Waals surface area (Å²) < 4.78 is 37.5. The van der Waals surface area contributed by atoms with Crippen molar-refractivity contribution in [1.82, 2.24) is 14.4 Å². The third-order valence-electron chi connectivity index (χ3n) is 4.50. The molecule has 0 atom stereocenters. The standard InChI is InChI=1S/C14H18N4O4S2.ClH/c15-14(2-1-3-14)13-16-12(22-17-13)10-8-11(23-9-10)24(19,20)18-4-6-21-7-5-18;/h8-9H,1-7,15H2;1H. The third kappa shape index (κ3) is 3.34. The summed E-state index contributed by atoms with van der Waals surface area (Å²) in [6.07, 6.45) is 2.74. The fourth-order valence-electron chi connectivity index (χ4n) is 2.80. The second-order valence-electron chi connectivity index (χ2n) is 6.10. The molecule has 1 saturated carbocycles. The average Bonchev–Trinajstić information content (AvgIpc) is 3.23. The molecule has 2 N–H and O–H groups in total. The second kappa shape index (κ2) is 6.93. The van der Waals surface area contributed by atoms with Crippen molar-refractivity contribution in [3.8, 4) is 11.5 Å². The van der Waals surface area contributed by atoms with E-state index in [4.69, 9.17) is 15.0 Å². The van der Waals surface area contributed by atoms with Crippen LogP contribution in [0.25, 0.3) is 11.5 Å². The van der Waals surface area contributed by atoms with Crippen molar-refractivity contribution in [1.29, 1.82) is 0 Å². The third-order valence-corrected chi connectivity index (χ3v) is 7.82. The minimum Gasteiger partial charge on any atom is -0.379 e. The van der Waals surface area contributed by atoms with Gasteiger partial charge in [-0.1, -0.05) is 5.16 Å². The zero-order valence-electron chi connectivity index (χ0n) is 13.4. The molecule has 2 fully saturated rings. The predicted molar refractivity (Wildman–Crippen MR) is 94.2 cm³/mol. The number of nitrogens with two attached hydrogens (primary N) is 1. The smallest absolute Gasteiger partial charge is 0.258 e. The van der Waals surface area contributed by atoms with Crippen molar-refractivity contribution >= 4 is 33.8 Å². The van der Waals surface area contributed by atoms with E-state index >= 15 is 0 Å². The summed E-state index contributed by atoms with van der Waals surface area (Å²) in [6.45, 7) is 1.58. The molecule has 1 aliphatic carbocycles. The maximum atomic E-state index is 12.6. The van der Waals surface area contributed by atoms with Crippen LogP contribution in [0.1, 0.15) is 25.1 Å². The molecule has 0 aromatic carbocycles. The van der Waals surface area contributed by atoms with Crippen LogP contribution in [0.4, 0.5) is 0 Å². The van der Waals surface area contributed by atoms with Crippen LogP contribution >= 0.6 is 23.7 Å². The van der Waals surface area contributed by atoms with Gasteiger partial charge < -0.3 is 15.0 Å². The van der Waals surface area contributed by atoms with Gasteiger partial charge in [-0.2, -0.15) is 9.29 Å². The SMILES string of the molecule is Cl.NC1(c2noc(-c3csc(S(=O)(=O)N4CCOCC4)c3)n2)CCC1. The first-order chi connectivity index (χ1) is 11.5. The summed E-state index contributed by atoms with van der Waals surface area (Å²) in [5.41, 5.74) is 6.30. The first-order valence-corrected chi connectivity index (χ1v) is 10.1. The number of morpholine rings is 1. The summed E-state index contributed by atoms with van der Waals surface area (Å²) in [5, 5.41) is 5.68. The summed E-state index contributed by atoms with van der Waals surface area (Å²) in [4.78, 5) is 4.36. The van der Waals surface area contributed by atoms with E-state index in [1.54, 1.807) is 11.4 Å². The molecular weight excluding hydrogens is 388 g/mol. The van der Waals surface area contributed by atoms with Crippen LogP contribution in [-0.2, 0) is 20.3 Å². The molecule has 4 rings (SSSR count). The van der Waals surface area contributed by atoms with Crippen LogP contribution in [-0.4, -0.2) is 49.2 Å². The highest BCUT2D eigenvalue weighted by Gasteiger charge is 2.39. The van der Waals surface area contributed by atoms with Crippen LogP contribution < -0.4 is 5.73 Å². The molecule has 0 spiro atoms. The lowest BCUT2D eigenvalue weighted by molar-refractivity contribution is 0.0731. The fraction of sp³-hybridized carbons (Fsp3) is 0.571. The Balaban J connectivity index is 0.00000182. The lowest BCUT2D eigenvalue weighted by Crippen LogP contribution is -2.44. The van der Waals surface area contributed by atoms with Crippen molar-refractivity contribution in [2.24, 2.45) is 5.73 Å². The number of thiophene rings is 1. The van der Waals surface area contributed by atoms with Crippen LogP contribution in [0, 0.1) is 0 Å². The molecule has 2 aliphatic rings.